The number of thiol groups is 1. The Morgan fingerprint density at radius 2 is 1.35 bits per heavy atom. The fraction of sp³-hybridized carbons (Fsp3) is 0.185. The molecule has 7 heteroatoms. The Morgan fingerprint density at radius 3 is 1.82 bits per heavy atom. The summed E-state index contributed by atoms with van der Waals surface area (Å²) in [6.07, 6.45) is 0.468. The zero-order valence-electron chi connectivity index (χ0n) is 18.5. The molecule has 0 aliphatic rings. The van der Waals surface area contributed by atoms with Crippen LogP contribution >= 0.6 is 12.6 Å². The number of aliphatic carboxylic acids is 1. The van der Waals surface area contributed by atoms with E-state index in [1.807, 2.05) is 91.0 Å². The van der Waals surface area contributed by atoms with Crippen LogP contribution in [0.15, 0.2) is 95.8 Å². The lowest BCUT2D eigenvalue weighted by Crippen LogP contribution is -2.31. The standard InChI is InChI=1S/C27H26N2O4S/c30-23(31)17-28-25(24(20-12-6-2-7-13-20)21-14-8-3-9-15-21)26(32)29(27(28)33)22(18-34)16-19-10-4-1-5-11-19/h1-15,22,24,32,34H,16-18H2,(H,30,31). The molecule has 0 fully saturated rings. The minimum absolute atomic E-state index is 0.237. The summed E-state index contributed by atoms with van der Waals surface area (Å²) in [5.41, 5.74) is 2.35. The number of imidazole rings is 1. The number of hydrogen-bond acceptors (Lipinski definition) is 4. The summed E-state index contributed by atoms with van der Waals surface area (Å²) in [6, 6.07) is 28.1. The van der Waals surface area contributed by atoms with Crippen molar-refractivity contribution in [3.8, 4) is 5.88 Å². The normalized spacial score (nSPS) is 12.1. The van der Waals surface area contributed by atoms with Crippen LogP contribution < -0.4 is 5.69 Å². The molecule has 3 aromatic carbocycles. The van der Waals surface area contributed by atoms with Crippen LogP contribution in [-0.4, -0.2) is 31.1 Å². The van der Waals surface area contributed by atoms with Crippen molar-refractivity contribution in [3.05, 3.63) is 124 Å². The molecule has 2 N–H and O–H groups in total. The number of aromatic hydroxyl groups is 1. The smallest absolute Gasteiger partial charge is 0.332 e. The third kappa shape index (κ3) is 4.79. The Balaban J connectivity index is 1.93. The molecule has 0 saturated heterocycles. The van der Waals surface area contributed by atoms with Gasteiger partial charge in [0.1, 0.15) is 6.54 Å². The largest absolute Gasteiger partial charge is 0.493 e. The lowest BCUT2D eigenvalue weighted by molar-refractivity contribution is -0.137. The maximum absolute atomic E-state index is 13.6. The van der Waals surface area contributed by atoms with E-state index >= 15 is 0 Å². The lowest BCUT2D eigenvalue weighted by Gasteiger charge is -2.20. The van der Waals surface area contributed by atoms with Crippen molar-refractivity contribution in [2.24, 2.45) is 0 Å². The monoisotopic (exact) mass is 474 g/mol. The quantitative estimate of drug-likeness (QED) is 0.315. The summed E-state index contributed by atoms with van der Waals surface area (Å²) >= 11 is 4.46. The first-order chi connectivity index (χ1) is 16.5. The van der Waals surface area contributed by atoms with Crippen molar-refractivity contribution in [2.75, 3.05) is 5.75 Å². The fourth-order valence-electron chi connectivity index (χ4n) is 4.39. The summed E-state index contributed by atoms with van der Waals surface area (Å²) in [4.78, 5) is 25.3. The third-order valence-corrected chi connectivity index (χ3v) is 6.33. The van der Waals surface area contributed by atoms with Crippen molar-refractivity contribution < 1.29 is 15.0 Å². The van der Waals surface area contributed by atoms with Gasteiger partial charge in [0.2, 0.25) is 5.88 Å². The molecule has 174 valence electrons. The second-order valence-corrected chi connectivity index (χ2v) is 8.49. The van der Waals surface area contributed by atoms with Gasteiger partial charge < -0.3 is 10.2 Å². The van der Waals surface area contributed by atoms with Crippen molar-refractivity contribution in [1.29, 1.82) is 0 Å². The first kappa shape index (κ1) is 23.4. The molecule has 0 aliphatic carbocycles. The molecule has 0 saturated carbocycles. The van der Waals surface area contributed by atoms with Gasteiger partial charge >= 0.3 is 11.7 Å². The lowest BCUT2D eigenvalue weighted by atomic mass is 9.88. The van der Waals surface area contributed by atoms with Gasteiger partial charge in [-0.1, -0.05) is 91.0 Å². The molecule has 0 radical (unpaired) electrons. The van der Waals surface area contributed by atoms with Gasteiger partial charge in [-0.25, -0.2) is 4.79 Å². The molecule has 1 unspecified atom stereocenters. The molecule has 1 heterocycles. The number of aromatic nitrogens is 2. The van der Waals surface area contributed by atoms with E-state index in [0.717, 1.165) is 16.7 Å². The number of rotatable bonds is 9. The SMILES string of the molecule is O=C(O)Cn1c(C(c2ccccc2)c2ccccc2)c(O)n(C(CS)Cc2ccccc2)c1=O. The average molecular weight is 475 g/mol. The first-order valence-corrected chi connectivity index (χ1v) is 11.6. The molecule has 1 atom stereocenters. The van der Waals surface area contributed by atoms with Gasteiger partial charge in [0.05, 0.1) is 17.7 Å². The molecule has 0 aliphatic heterocycles. The summed E-state index contributed by atoms with van der Waals surface area (Å²) in [5, 5.41) is 21.1. The van der Waals surface area contributed by atoms with Crippen LogP contribution in [0.1, 0.15) is 34.3 Å². The molecular weight excluding hydrogens is 448 g/mol. The second kappa shape index (κ2) is 10.5. The molecule has 4 aromatic rings. The van der Waals surface area contributed by atoms with Crippen molar-refractivity contribution in [3.63, 3.8) is 0 Å². The van der Waals surface area contributed by atoms with E-state index in [9.17, 15) is 19.8 Å². The molecule has 1 aromatic heterocycles. The predicted molar refractivity (Wildman–Crippen MR) is 135 cm³/mol. The minimum atomic E-state index is -1.16. The van der Waals surface area contributed by atoms with E-state index in [-0.39, 0.29) is 11.6 Å². The van der Waals surface area contributed by atoms with E-state index < -0.39 is 30.2 Å². The maximum atomic E-state index is 13.6. The third-order valence-electron chi connectivity index (χ3n) is 5.91. The van der Waals surface area contributed by atoms with Crippen molar-refractivity contribution in [2.45, 2.75) is 24.9 Å². The summed E-state index contributed by atoms with van der Waals surface area (Å²) in [7, 11) is 0. The highest BCUT2D eigenvalue weighted by molar-refractivity contribution is 7.80. The highest BCUT2D eigenvalue weighted by atomic mass is 32.1. The number of carbonyl (C=O) groups is 1. The van der Waals surface area contributed by atoms with Crippen LogP contribution in [0, 0.1) is 0 Å². The van der Waals surface area contributed by atoms with Crippen LogP contribution in [-0.2, 0) is 17.8 Å². The second-order valence-electron chi connectivity index (χ2n) is 8.12. The topological polar surface area (TPSA) is 84.5 Å². The Kier molecular flexibility index (Phi) is 7.23. The zero-order chi connectivity index (χ0) is 24.1. The molecule has 0 amide bonds. The van der Waals surface area contributed by atoms with Gasteiger partial charge in [-0.05, 0) is 23.1 Å². The Bertz CT molecular complexity index is 1260. The number of carboxylic acids is 1. The van der Waals surface area contributed by atoms with Gasteiger partial charge in [-0.3, -0.25) is 13.9 Å². The van der Waals surface area contributed by atoms with E-state index in [4.69, 9.17) is 0 Å². The number of hydrogen-bond donors (Lipinski definition) is 3. The van der Waals surface area contributed by atoms with E-state index in [2.05, 4.69) is 12.6 Å². The van der Waals surface area contributed by atoms with Gasteiger partial charge in [0, 0.05) is 5.75 Å². The van der Waals surface area contributed by atoms with Gasteiger partial charge in [0.25, 0.3) is 0 Å². The van der Waals surface area contributed by atoms with Gasteiger partial charge in [-0.15, -0.1) is 0 Å². The molecular formula is C27H26N2O4S. The van der Waals surface area contributed by atoms with Crippen molar-refractivity contribution >= 4 is 18.6 Å². The molecule has 4 rings (SSSR count). The van der Waals surface area contributed by atoms with E-state index in [1.165, 1.54) is 9.13 Å². The van der Waals surface area contributed by atoms with Crippen LogP contribution in [0.3, 0.4) is 0 Å². The zero-order valence-corrected chi connectivity index (χ0v) is 19.4. The Labute approximate surface area is 203 Å². The highest BCUT2D eigenvalue weighted by Crippen LogP contribution is 2.37. The molecule has 0 bridgehead atoms. The van der Waals surface area contributed by atoms with E-state index in [0.29, 0.717) is 12.2 Å². The van der Waals surface area contributed by atoms with E-state index in [1.54, 1.807) is 0 Å². The summed E-state index contributed by atoms with van der Waals surface area (Å²) < 4.78 is 2.46. The Morgan fingerprint density at radius 1 is 0.853 bits per heavy atom. The number of benzene rings is 3. The van der Waals surface area contributed by atoms with Crippen LogP contribution in [0.2, 0.25) is 0 Å². The number of carboxylic acid groups (broad SMARTS) is 1. The molecule has 34 heavy (non-hydrogen) atoms. The first-order valence-electron chi connectivity index (χ1n) is 11.0. The van der Waals surface area contributed by atoms with Gasteiger partial charge in [0.15, 0.2) is 0 Å². The Hall–Kier alpha value is -3.71. The summed E-state index contributed by atoms with van der Waals surface area (Å²) in [6.45, 7) is -0.560. The van der Waals surface area contributed by atoms with Crippen LogP contribution in [0.4, 0.5) is 0 Å². The van der Waals surface area contributed by atoms with Gasteiger partial charge in [-0.2, -0.15) is 12.6 Å². The summed E-state index contributed by atoms with van der Waals surface area (Å²) in [5.74, 6) is -1.64. The minimum Gasteiger partial charge on any atom is -0.493 e. The molecule has 6 nitrogen and oxygen atoms in total. The van der Waals surface area contributed by atoms with Crippen molar-refractivity contribution in [1.82, 2.24) is 9.13 Å². The highest BCUT2D eigenvalue weighted by Gasteiger charge is 2.32. The number of nitrogens with zero attached hydrogens (tertiary/aromatic N) is 2. The van der Waals surface area contributed by atoms with Crippen LogP contribution in [0.25, 0.3) is 0 Å². The molecule has 0 spiro atoms. The maximum Gasteiger partial charge on any atom is 0.332 e. The average Bonchev–Trinajstić information content (AvgIpc) is 3.09. The fourth-order valence-corrected chi connectivity index (χ4v) is 4.69. The van der Waals surface area contributed by atoms with Crippen LogP contribution in [0.5, 0.6) is 5.88 Å². The predicted octanol–water partition coefficient (Wildman–Crippen LogP) is 4.33.